The molecule has 1 saturated carbocycles. The lowest BCUT2D eigenvalue weighted by atomic mass is 9.49. The van der Waals surface area contributed by atoms with Crippen molar-refractivity contribution < 1.29 is 4.79 Å². The number of tetrazole rings is 1. The number of carbonyl (C=O) groups is 1. The van der Waals surface area contributed by atoms with E-state index in [4.69, 9.17) is 5.10 Å². The molecule has 0 spiro atoms. The Morgan fingerprint density at radius 2 is 1.94 bits per heavy atom. The summed E-state index contributed by atoms with van der Waals surface area (Å²) in [5.74, 6) is 0.159. The molecule has 1 aromatic carbocycles. The minimum absolute atomic E-state index is 0.0626. The smallest absolute Gasteiger partial charge is 0.223 e. The summed E-state index contributed by atoms with van der Waals surface area (Å²) in [4.78, 5) is 14.6. The summed E-state index contributed by atoms with van der Waals surface area (Å²) in [5.41, 5.74) is 3.18. The largest absolute Gasteiger partial charge is 0.298 e. The van der Waals surface area contributed by atoms with Gasteiger partial charge in [0.2, 0.25) is 5.82 Å². The number of nitrogens with zero attached hydrogens (tertiary/aromatic N) is 7. The molecule has 32 heavy (non-hydrogen) atoms. The van der Waals surface area contributed by atoms with Crippen LogP contribution in [0.3, 0.4) is 0 Å². The van der Waals surface area contributed by atoms with E-state index >= 15 is 0 Å². The monoisotopic (exact) mass is 429 g/mol. The van der Waals surface area contributed by atoms with E-state index in [1.54, 1.807) is 4.80 Å². The second kappa shape index (κ2) is 7.09. The van der Waals surface area contributed by atoms with Gasteiger partial charge in [0.15, 0.2) is 5.78 Å². The molecule has 0 N–H and O–H groups in total. The van der Waals surface area contributed by atoms with Crippen molar-refractivity contribution in [3.63, 3.8) is 0 Å². The van der Waals surface area contributed by atoms with Crippen molar-refractivity contribution in [2.24, 2.45) is 24.3 Å². The van der Waals surface area contributed by atoms with Gasteiger partial charge in [-0.1, -0.05) is 51.1 Å². The molecule has 0 radical (unpaired) electrons. The molecule has 3 atom stereocenters. The first-order valence-corrected chi connectivity index (χ1v) is 11.1. The zero-order valence-electron chi connectivity index (χ0n) is 18.9. The van der Waals surface area contributed by atoms with Gasteiger partial charge in [-0.05, 0) is 36.0 Å². The molecule has 0 saturated heterocycles. The van der Waals surface area contributed by atoms with Gasteiger partial charge in [0.1, 0.15) is 11.6 Å². The van der Waals surface area contributed by atoms with Crippen LogP contribution >= 0.6 is 0 Å². The van der Waals surface area contributed by atoms with E-state index < -0.39 is 11.3 Å². The maximum Gasteiger partial charge on any atom is 0.223 e. The van der Waals surface area contributed by atoms with Crippen molar-refractivity contribution in [3.8, 4) is 17.6 Å². The number of Topliss-reactive ketones (excluding diaryl/α,β-unsaturated/α-hetero) is 1. The molecular weight excluding hydrogens is 402 g/mol. The third-order valence-corrected chi connectivity index (χ3v) is 7.58. The number of benzene rings is 1. The first kappa shape index (κ1) is 20.6. The highest BCUT2D eigenvalue weighted by Gasteiger charge is 2.58. The number of nitriles is 1. The van der Waals surface area contributed by atoms with Gasteiger partial charge >= 0.3 is 0 Å². The van der Waals surface area contributed by atoms with Crippen LogP contribution in [0.15, 0.2) is 30.3 Å². The maximum atomic E-state index is 13.0. The standard InChI is InChI=1S/C24H27N7O/c1-23(2)18-11-10-17-19(22-26-29-31(28-22)14-15-8-6-5-7-9-15)30(4)27-20(17)24(18,3)12-16(13-25)21(23)32/h5-9,16,18H,10-12,14H2,1-4H3/t16?,18-,24-/m0/s1. The van der Waals surface area contributed by atoms with E-state index in [-0.39, 0.29) is 17.1 Å². The van der Waals surface area contributed by atoms with Crippen molar-refractivity contribution in [2.45, 2.75) is 52.0 Å². The summed E-state index contributed by atoms with van der Waals surface area (Å²) >= 11 is 0. The average molecular weight is 430 g/mol. The van der Waals surface area contributed by atoms with Crippen LogP contribution in [-0.4, -0.2) is 35.8 Å². The lowest BCUT2D eigenvalue weighted by molar-refractivity contribution is -0.140. The van der Waals surface area contributed by atoms with Gasteiger partial charge in [-0.2, -0.15) is 15.2 Å². The third kappa shape index (κ3) is 2.91. The molecule has 3 aromatic rings. The fraction of sp³-hybridized carbons (Fsp3) is 0.500. The van der Waals surface area contributed by atoms with Gasteiger partial charge < -0.3 is 0 Å². The van der Waals surface area contributed by atoms with E-state index in [1.165, 1.54) is 0 Å². The van der Waals surface area contributed by atoms with Crippen molar-refractivity contribution in [1.29, 1.82) is 5.26 Å². The van der Waals surface area contributed by atoms with Crippen molar-refractivity contribution in [3.05, 3.63) is 47.2 Å². The molecule has 1 fully saturated rings. The van der Waals surface area contributed by atoms with E-state index in [1.807, 2.05) is 55.9 Å². The normalized spacial score (nSPS) is 26.3. The van der Waals surface area contributed by atoms with Gasteiger partial charge in [-0.15, -0.1) is 10.2 Å². The summed E-state index contributed by atoms with van der Waals surface area (Å²) in [5, 5.41) is 27.8. The van der Waals surface area contributed by atoms with Crippen molar-refractivity contribution in [2.75, 3.05) is 0 Å². The van der Waals surface area contributed by atoms with E-state index in [2.05, 4.69) is 28.4 Å². The predicted octanol–water partition coefficient (Wildman–Crippen LogP) is 3.08. The molecule has 0 bridgehead atoms. The van der Waals surface area contributed by atoms with Gasteiger partial charge in [0, 0.05) is 23.4 Å². The second-order valence-electron chi connectivity index (χ2n) is 9.91. The first-order valence-electron chi connectivity index (χ1n) is 11.1. The Morgan fingerprint density at radius 3 is 2.66 bits per heavy atom. The Labute approximate surface area is 187 Å². The molecule has 0 aliphatic heterocycles. The third-order valence-electron chi connectivity index (χ3n) is 7.58. The minimum atomic E-state index is -0.604. The van der Waals surface area contributed by atoms with E-state index in [0.717, 1.165) is 35.4 Å². The number of ketones is 1. The average Bonchev–Trinajstić information content (AvgIpc) is 3.35. The Kier molecular flexibility index (Phi) is 4.55. The fourth-order valence-corrected chi connectivity index (χ4v) is 6.11. The number of hydrogen-bond donors (Lipinski definition) is 0. The van der Waals surface area contributed by atoms with Crippen LogP contribution in [0, 0.1) is 28.6 Å². The van der Waals surface area contributed by atoms with Crippen LogP contribution in [0.2, 0.25) is 0 Å². The zero-order chi connectivity index (χ0) is 22.7. The Hall–Kier alpha value is -3.34. The highest BCUT2D eigenvalue weighted by molar-refractivity contribution is 5.90. The van der Waals surface area contributed by atoms with Crippen LogP contribution in [0.1, 0.15) is 50.4 Å². The topological polar surface area (TPSA) is 102 Å². The molecular formula is C24H27N7O. The molecule has 2 aliphatic rings. The molecule has 1 unspecified atom stereocenters. The molecule has 8 nitrogen and oxygen atoms in total. The van der Waals surface area contributed by atoms with Gasteiger partial charge in [0.05, 0.1) is 18.3 Å². The van der Waals surface area contributed by atoms with Gasteiger partial charge in [-0.3, -0.25) is 9.48 Å². The summed E-state index contributed by atoms with van der Waals surface area (Å²) in [6.45, 7) is 6.71. The zero-order valence-corrected chi connectivity index (χ0v) is 18.9. The summed E-state index contributed by atoms with van der Waals surface area (Å²) < 4.78 is 1.84. The number of rotatable bonds is 3. The highest BCUT2D eigenvalue weighted by atomic mass is 16.1. The van der Waals surface area contributed by atoms with Gasteiger partial charge in [0.25, 0.3) is 0 Å². The number of aromatic nitrogens is 6. The SMILES string of the molecule is Cn1nc2c(c1-c1nnn(Cc3ccccc3)n1)CC[C@H]1C(C)(C)C(=O)C(C#N)C[C@]21C. The molecule has 2 aliphatic carbocycles. The summed E-state index contributed by atoms with van der Waals surface area (Å²) in [6, 6.07) is 12.3. The van der Waals surface area contributed by atoms with Crippen LogP contribution in [0.25, 0.3) is 11.5 Å². The molecule has 0 amide bonds. The Bertz CT molecular complexity index is 1230. The molecule has 2 aromatic heterocycles. The van der Waals surface area contributed by atoms with Crippen LogP contribution in [0.5, 0.6) is 0 Å². The number of carbonyl (C=O) groups excluding carboxylic acids is 1. The molecule has 5 rings (SSSR count). The predicted molar refractivity (Wildman–Crippen MR) is 117 cm³/mol. The highest BCUT2D eigenvalue weighted by Crippen LogP contribution is 2.57. The maximum absolute atomic E-state index is 13.0. The molecule has 164 valence electrons. The second-order valence-corrected chi connectivity index (χ2v) is 9.91. The number of fused-ring (bicyclic) bond motifs is 3. The Morgan fingerprint density at radius 1 is 1.19 bits per heavy atom. The fourth-order valence-electron chi connectivity index (χ4n) is 6.11. The lowest BCUT2D eigenvalue weighted by Gasteiger charge is -2.52. The summed E-state index contributed by atoms with van der Waals surface area (Å²) in [7, 11) is 1.91. The quantitative estimate of drug-likeness (QED) is 0.634. The molecule has 2 heterocycles. The summed E-state index contributed by atoms with van der Waals surface area (Å²) in [6.07, 6.45) is 2.19. The lowest BCUT2D eigenvalue weighted by Crippen LogP contribution is -2.55. The Balaban J connectivity index is 1.54. The first-order chi connectivity index (χ1) is 15.3. The van der Waals surface area contributed by atoms with Crippen LogP contribution in [0.4, 0.5) is 0 Å². The molecule has 8 heteroatoms. The number of hydrogen-bond acceptors (Lipinski definition) is 6. The van der Waals surface area contributed by atoms with E-state index in [9.17, 15) is 10.1 Å². The number of aryl methyl sites for hydroxylation is 1. The van der Waals surface area contributed by atoms with E-state index in [0.29, 0.717) is 18.8 Å². The van der Waals surface area contributed by atoms with Crippen LogP contribution < -0.4 is 0 Å². The van der Waals surface area contributed by atoms with Gasteiger partial charge in [-0.25, -0.2) is 0 Å². The van der Waals surface area contributed by atoms with Crippen LogP contribution in [-0.2, 0) is 30.2 Å². The van der Waals surface area contributed by atoms with Crippen molar-refractivity contribution in [1.82, 2.24) is 30.0 Å². The minimum Gasteiger partial charge on any atom is -0.298 e. The van der Waals surface area contributed by atoms with Crippen molar-refractivity contribution >= 4 is 5.78 Å².